The fourth-order valence-electron chi connectivity index (χ4n) is 4.43. The molecule has 2 aromatic carbocycles. The van der Waals surface area contributed by atoms with Crippen LogP contribution in [0.25, 0.3) is 0 Å². The molecule has 2 bridgehead atoms. The number of allylic oxidation sites excluding steroid dienone is 3. The maximum absolute atomic E-state index is 14.0. The van der Waals surface area contributed by atoms with Gasteiger partial charge in [-0.1, -0.05) is 74.8 Å². The highest BCUT2D eigenvalue weighted by Crippen LogP contribution is 2.42. The number of Topliss-reactive ketones (excluding diaryl/α,β-unsaturated/α-hetero) is 1. The molecule has 0 spiro atoms. The number of hydrogen-bond acceptors (Lipinski definition) is 5. The van der Waals surface area contributed by atoms with E-state index in [1.54, 1.807) is 30.4 Å². The predicted octanol–water partition coefficient (Wildman–Crippen LogP) is 7.04. The molecule has 2 unspecified atom stereocenters. The lowest BCUT2D eigenvalue weighted by atomic mass is 9.81. The van der Waals surface area contributed by atoms with Gasteiger partial charge in [0.05, 0.1) is 13.0 Å². The minimum absolute atomic E-state index is 0.0325. The highest BCUT2D eigenvalue weighted by Gasteiger charge is 2.50. The van der Waals surface area contributed by atoms with Crippen LogP contribution in [0.5, 0.6) is 5.75 Å². The molecule has 0 saturated carbocycles. The lowest BCUT2D eigenvalue weighted by Crippen LogP contribution is -2.55. The van der Waals surface area contributed by atoms with Gasteiger partial charge in [0.25, 0.3) is 0 Å². The molecular weight excluding hydrogens is 611 g/mol. The van der Waals surface area contributed by atoms with Crippen LogP contribution in [0, 0.1) is 52.8 Å². The van der Waals surface area contributed by atoms with Crippen molar-refractivity contribution in [1.29, 1.82) is 0 Å². The summed E-state index contributed by atoms with van der Waals surface area (Å²) < 4.78 is 85.1. The van der Waals surface area contributed by atoms with Gasteiger partial charge in [-0.05, 0) is 54.3 Å². The number of hydrogen-bond donors (Lipinski definition) is 0. The van der Waals surface area contributed by atoms with Crippen molar-refractivity contribution in [2.45, 2.75) is 76.5 Å². The molecule has 0 aromatic heterocycles. The molecule has 0 saturated heterocycles. The smallest absolute Gasteiger partial charge is 0.315 e. The van der Waals surface area contributed by atoms with Crippen LogP contribution in [-0.4, -0.2) is 31.8 Å². The first kappa shape index (κ1) is 33.9. The quantitative estimate of drug-likeness (QED) is 0.0588. The van der Waals surface area contributed by atoms with Gasteiger partial charge in [0.2, 0.25) is 40.6 Å². The SMILES string of the molecule is CC(C)(C)[Si](C)(C)OC12C#CC=CC#CC(OCc3ccc(CC(=O)Oc4c(F)c(F)c(F)c(F)c4F)cc3)C(=CCC1)C2=O. The third-order valence-electron chi connectivity index (χ3n) is 7.92. The number of halogens is 5. The van der Waals surface area contributed by atoms with Gasteiger partial charge in [0, 0.05) is 5.57 Å². The summed E-state index contributed by atoms with van der Waals surface area (Å²) in [7, 11) is -2.41. The van der Waals surface area contributed by atoms with Gasteiger partial charge in [0.15, 0.2) is 13.9 Å². The zero-order valence-corrected chi connectivity index (χ0v) is 26.4. The summed E-state index contributed by atoms with van der Waals surface area (Å²) in [6.45, 7) is 10.4. The Morgan fingerprint density at radius 1 is 0.933 bits per heavy atom. The zero-order valence-electron chi connectivity index (χ0n) is 25.4. The van der Waals surface area contributed by atoms with Crippen LogP contribution in [0.2, 0.25) is 18.1 Å². The summed E-state index contributed by atoms with van der Waals surface area (Å²) in [6.07, 6.45) is 4.53. The number of ether oxygens (including phenoxy) is 2. The highest BCUT2D eigenvalue weighted by atomic mass is 28.4. The van der Waals surface area contributed by atoms with E-state index < -0.39 is 67.2 Å². The maximum Gasteiger partial charge on any atom is 0.315 e. The summed E-state index contributed by atoms with van der Waals surface area (Å²) >= 11 is 0. The summed E-state index contributed by atoms with van der Waals surface area (Å²) in [4.78, 5) is 26.2. The van der Waals surface area contributed by atoms with Gasteiger partial charge in [-0.25, -0.2) is 13.2 Å². The Bertz CT molecular complexity index is 1670. The topological polar surface area (TPSA) is 61.8 Å². The number of benzene rings is 2. The number of ketones is 1. The van der Waals surface area contributed by atoms with Crippen molar-refractivity contribution < 1.29 is 45.4 Å². The third kappa shape index (κ3) is 7.28. The molecule has 0 N–H and O–H groups in total. The molecule has 2 aromatic rings. The van der Waals surface area contributed by atoms with Crippen molar-refractivity contribution in [2.24, 2.45) is 0 Å². The second-order valence-corrected chi connectivity index (χ2v) is 16.9. The minimum Gasteiger partial charge on any atom is -0.420 e. The third-order valence-corrected chi connectivity index (χ3v) is 12.4. The zero-order chi connectivity index (χ0) is 33.2. The second kappa shape index (κ2) is 13.1. The Hall–Kier alpha value is -4.03. The monoisotopic (exact) mass is 642 g/mol. The first-order valence-corrected chi connectivity index (χ1v) is 17.0. The molecule has 5 nitrogen and oxygen atoms in total. The molecule has 0 fully saturated rings. The van der Waals surface area contributed by atoms with Crippen molar-refractivity contribution in [3.63, 3.8) is 0 Å². The van der Waals surface area contributed by atoms with E-state index in [4.69, 9.17) is 9.16 Å². The number of carbonyl (C=O) groups excluding carboxylic acids is 2. The van der Waals surface area contributed by atoms with E-state index in [2.05, 4.69) is 62.3 Å². The molecule has 0 radical (unpaired) electrons. The Balaban J connectivity index is 1.46. The van der Waals surface area contributed by atoms with Crippen molar-refractivity contribution >= 4 is 20.1 Å². The van der Waals surface area contributed by atoms with Crippen LogP contribution in [0.1, 0.15) is 44.7 Å². The normalized spacial score (nSPS) is 19.6. The molecule has 4 rings (SSSR count). The number of carbonyl (C=O) groups is 2. The number of fused-ring (bicyclic) bond motifs is 2. The van der Waals surface area contributed by atoms with Crippen molar-refractivity contribution in [2.75, 3.05) is 0 Å². The van der Waals surface area contributed by atoms with Gasteiger partial charge in [-0.3, -0.25) is 9.59 Å². The molecule has 2 aliphatic rings. The Kier molecular flexibility index (Phi) is 9.88. The van der Waals surface area contributed by atoms with Gasteiger partial charge < -0.3 is 13.9 Å². The summed E-state index contributed by atoms with van der Waals surface area (Å²) in [5.41, 5.74) is 0.0388. The molecule has 45 heavy (non-hydrogen) atoms. The molecular formula is C34H31F5O5Si. The Morgan fingerprint density at radius 2 is 1.51 bits per heavy atom. The minimum atomic E-state index is -2.41. The van der Waals surface area contributed by atoms with E-state index >= 15 is 0 Å². The van der Waals surface area contributed by atoms with Crippen molar-refractivity contribution in [3.8, 4) is 29.4 Å². The fourth-order valence-corrected chi connectivity index (χ4v) is 5.85. The predicted molar refractivity (Wildman–Crippen MR) is 159 cm³/mol. The molecule has 236 valence electrons. The van der Waals surface area contributed by atoms with E-state index in [1.807, 2.05) is 0 Å². The number of rotatable bonds is 8. The molecule has 2 aliphatic carbocycles. The summed E-state index contributed by atoms with van der Waals surface area (Å²) in [6, 6.07) is 6.25. The fraction of sp³-hybridized carbons (Fsp3) is 0.353. The number of esters is 1. The Labute approximate surface area is 259 Å². The van der Waals surface area contributed by atoms with E-state index in [1.165, 1.54) is 12.1 Å². The standard InChI is InChI=1S/C34H31F5O5Si/c1-33(2,3)45(4,5)44-34-17-9-7-6-8-12-24(23(32(34)41)11-10-18-34)42-20-22-15-13-21(14-16-22)19-25(40)43-31-29(38)27(36)26(35)28(37)30(31)39/h6-7,11,13-16,24H,10,18-20H2,1-5H3. The van der Waals surface area contributed by atoms with E-state index in [-0.39, 0.29) is 17.4 Å². The van der Waals surface area contributed by atoms with Crippen LogP contribution in [0.15, 0.2) is 48.1 Å². The largest absolute Gasteiger partial charge is 0.420 e. The molecule has 2 atom stereocenters. The van der Waals surface area contributed by atoms with E-state index in [9.17, 15) is 31.5 Å². The summed E-state index contributed by atoms with van der Waals surface area (Å²) in [5, 5.41) is -0.155. The average Bonchev–Trinajstić information content (AvgIpc) is 2.97. The Morgan fingerprint density at radius 3 is 2.13 bits per heavy atom. The van der Waals surface area contributed by atoms with E-state index in [0.29, 0.717) is 29.5 Å². The van der Waals surface area contributed by atoms with Crippen LogP contribution in [0.3, 0.4) is 0 Å². The van der Waals surface area contributed by atoms with Crippen LogP contribution in [0.4, 0.5) is 22.0 Å². The average molecular weight is 643 g/mol. The lowest BCUT2D eigenvalue weighted by molar-refractivity contribution is -0.134. The van der Waals surface area contributed by atoms with Crippen LogP contribution >= 0.6 is 0 Å². The maximum atomic E-state index is 14.0. The van der Waals surface area contributed by atoms with Crippen molar-refractivity contribution in [1.82, 2.24) is 0 Å². The lowest BCUT2D eigenvalue weighted by Gasteiger charge is -2.44. The first-order chi connectivity index (χ1) is 21.1. The van der Waals surface area contributed by atoms with Gasteiger partial charge in [-0.15, -0.1) is 0 Å². The van der Waals surface area contributed by atoms with Crippen LogP contribution < -0.4 is 4.74 Å². The van der Waals surface area contributed by atoms with E-state index in [0.717, 1.165) is 0 Å². The molecule has 0 heterocycles. The van der Waals surface area contributed by atoms with Crippen LogP contribution in [-0.2, 0) is 31.8 Å². The molecule has 0 amide bonds. The molecule has 11 heteroatoms. The first-order valence-electron chi connectivity index (χ1n) is 14.1. The second-order valence-electron chi connectivity index (χ2n) is 12.2. The summed E-state index contributed by atoms with van der Waals surface area (Å²) in [5.74, 6) is -2.59. The van der Waals surface area contributed by atoms with Crippen molar-refractivity contribution in [3.05, 3.63) is 88.3 Å². The molecule has 0 aliphatic heterocycles. The van der Waals surface area contributed by atoms with Gasteiger partial charge in [0.1, 0.15) is 6.10 Å². The van der Waals surface area contributed by atoms with Gasteiger partial charge >= 0.3 is 5.97 Å². The van der Waals surface area contributed by atoms with Gasteiger partial charge in [-0.2, -0.15) is 8.78 Å². The highest BCUT2D eigenvalue weighted by molar-refractivity contribution is 6.74.